The minimum atomic E-state index is -0.344. The Morgan fingerprint density at radius 3 is 2.68 bits per heavy atom. The molecule has 0 N–H and O–H groups in total. The molecule has 0 spiro atoms. The molecule has 0 saturated carbocycles. The Kier molecular flexibility index (Phi) is 4.31. The molecule has 1 atom stereocenters. The van der Waals surface area contributed by atoms with Crippen LogP contribution in [0.3, 0.4) is 0 Å². The smallest absolute Gasteiger partial charge is 0.247 e. The maximum atomic E-state index is 12.2. The zero-order valence-corrected chi connectivity index (χ0v) is 12.4. The van der Waals surface area contributed by atoms with Crippen LogP contribution in [0, 0.1) is 0 Å². The molecule has 1 unspecified atom stereocenters. The molecule has 0 radical (unpaired) electrons. The van der Waals surface area contributed by atoms with Gasteiger partial charge in [-0.15, -0.1) is 0 Å². The first kappa shape index (κ1) is 13.7. The van der Waals surface area contributed by atoms with Gasteiger partial charge in [-0.25, -0.2) is 9.67 Å². The molecule has 1 aromatic carbocycles. The zero-order valence-electron chi connectivity index (χ0n) is 10.8. The minimum Gasteiger partial charge on any atom is -0.340 e. The molecule has 2 aromatic rings. The summed E-state index contributed by atoms with van der Waals surface area (Å²) in [7, 11) is 1.79. The van der Waals surface area contributed by atoms with Crippen LogP contribution in [0.2, 0.25) is 0 Å². The highest BCUT2D eigenvalue weighted by molar-refractivity contribution is 9.10. The fourth-order valence-electron chi connectivity index (χ4n) is 1.79. The van der Waals surface area contributed by atoms with Crippen molar-refractivity contribution in [2.75, 3.05) is 7.05 Å². The van der Waals surface area contributed by atoms with Gasteiger partial charge in [0.05, 0.1) is 0 Å². The number of hydrogen-bond donors (Lipinski definition) is 0. The maximum Gasteiger partial charge on any atom is 0.247 e. The molecule has 6 heteroatoms. The highest BCUT2D eigenvalue weighted by atomic mass is 79.9. The fourth-order valence-corrected chi connectivity index (χ4v) is 2.06. The van der Waals surface area contributed by atoms with Crippen molar-refractivity contribution >= 4 is 21.8 Å². The molecular weight excluding hydrogens is 308 g/mol. The Morgan fingerprint density at radius 2 is 2.11 bits per heavy atom. The average molecular weight is 323 g/mol. The monoisotopic (exact) mass is 322 g/mol. The summed E-state index contributed by atoms with van der Waals surface area (Å²) in [4.78, 5) is 17.8. The van der Waals surface area contributed by atoms with Gasteiger partial charge in [0.15, 0.2) is 0 Å². The van der Waals surface area contributed by atoms with E-state index in [2.05, 4.69) is 26.0 Å². The summed E-state index contributed by atoms with van der Waals surface area (Å²) < 4.78 is 2.58. The molecular formula is C13H15BrN4O. The van der Waals surface area contributed by atoms with Crippen molar-refractivity contribution in [3.05, 3.63) is 47.0 Å². The van der Waals surface area contributed by atoms with E-state index in [-0.39, 0.29) is 11.9 Å². The van der Waals surface area contributed by atoms with Gasteiger partial charge in [-0.05, 0) is 24.6 Å². The highest BCUT2D eigenvalue weighted by Crippen LogP contribution is 2.13. The first-order valence-corrected chi connectivity index (χ1v) is 6.71. The van der Waals surface area contributed by atoms with Crippen LogP contribution in [-0.2, 0) is 11.3 Å². The van der Waals surface area contributed by atoms with E-state index in [4.69, 9.17) is 0 Å². The number of halogens is 1. The second kappa shape index (κ2) is 5.97. The first-order valence-electron chi connectivity index (χ1n) is 5.91. The number of hydrogen-bond acceptors (Lipinski definition) is 3. The molecule has 0 bridgehead atoms. The second-order valence-corrected chi connectivity index (χ2v) is 5.29. The molecule has 1 aromatic heterocycles. The minimum absolute atomic E-state index is 0.00780. The molecule has 100 valence electrons. The predicted octanol–water partition coefficient (Wildman–Crippen LogP) is 2.26. The van der Waals surface area contributed by atoms with E-state index in [1.807, 2.05) is 31.2 Å². The number of amides is 1. The molecule has 0 aliphatic heterocycles. The lowest BCUT2D eigenvalue weighted by Crippen LogP contribution is -2.32. The van der Waals surface area contributed by atoms with Crippen molar-refractivity contribution in [3.63, 3.8) is 0 Å². The van der Waals surface area contributed by atoms with Gasteiger partial charge in [-0.3, -0.25) is 4.79 Å². The van der Waals surface area contributed by atoms with Crippen LogP contribution < -0.4 is 0 Å². The van der Waals surface area contributed by atoms with Gasteiger partial charge in [0.1, 0.15) is 18.7 Å². The van der Waals surface area contributed by atoms with E-state index in [1.54, 1.807) is 23.0 Å². The van der Waals surface area contributed by atoms with Gasteiger partial charge in [-0.2, -0.15) is 5.10 Å². The van der Waals surface area contributed by atoms with Gasteiger partial charge in [0.25, 0.3) is 0 Å². The number of rotatable bonds is 4. The number of benzene rings is 1. The van der Waals surface area contributed by atoms with Crippen LogP contribution in [0.15, 0.2) is 41.4 Å². The van der Waals surface area contributed by atoms with Crippen LogP contribution in [0.1, 0.15) is 18.5 Å². The molecule has 2 rings (SSSR count). The predicted molar refractivity (Wildman–Crippen MR) is 75.3 cm³/mol. The van der Waals surface area contributed by atoms with Crippen molar-refractivity contribution in [2.45, 2.75) is 19.5 Å². The molecule has 0 fully saturated rings. The fraction of sp³-hybridized carbons (Fsp3) is 0.308. The van der Waals surface area contributed by atoms with E-state index >= 15 is 0 Å². The average Bonchev–Trinajstić information content (AvgIpc) is 2.93. The summed E-state index contributed by atoms with van der Waals surface area (Å²) in [5.41, 5.74) is 1.09. The van der Waals surface area contributed by atoms with Crippen LogP contribution in [0.4, 0.5) is 0 Å². The van der Waals surface area contributed by atoms with Gasteiger partial charge in [-0.1, -0.05) is 28.1 Å². The molecule has 1 amide bonds. The van der Waals surface area contributed by atoms with Crippen molar-refractivity contribution in [1.29, 1.82) is 0 Å². The number of nitrogens with zero attached hydrogens (tertiary/aromatic N) is 4. The summed E-state index contributed by atoms with van der Waals surface area (Å²) in [6.45, 7) is 2.39. The maximum absolute atomic E-state index is 12.2. The van der Waals surface area contributed by atoms with Crippen LogP contribution in [0.5, 0.6) is 0 Å². The quantitative estimate of drug-likeness (QED) is 0.867. The normalized spacial score (nSPS) is 12.2. The summed E-state index contributed by atoms with van der Waals surface area (Å²) >= 11 is 3.39. The number of likely N-dealkylation sites (N-methyl/N-ethyl adjacent to an activating group) is 1. The molecule has 1 heterocycles. The first-order chi connectivity index (χ1) is 9.08. The highest BCUT2D eigenvalue weighted by Gasteiger charge is 2.19. The number of carbonyl (C=O) groups is 1. The lowest BCUT2D eigenvalue weighted by molar-refractivity contribution is -0.133. The van der Waals surface area contributed by atoms with Crippen LogP contribution >= 0.6 is 15.9 Å². The van der Waals surface area contributed by atoms with E-state index in [9.17, 15) is 4.79 Å². The molecule has 0 saturated heterocycles. The van der Waals surface area contributed by atoms with Crippen molar-refractivity contribution in [2.24, 2.45) is 0 Å². The van der Waals surface area contributed by atoms with Crippen molar-refractivity contribution in [1.82, 2.24) is 19.7 Å². The lowest BCUT2D eigenvalue weighted by atomic mass is 10.2. The number of carbonyl (C=O) groups excluding carboxylic acids is 1. The third kappa shape index (κ3) is 3.41. The van der Waals surface area contributed by atoms with Crippen LogP contribution in [-0.4, -0.2) is 32.6 Å². The van der Waals surface area contributed by atoms with Gasteiger partial charge in [0.2, 0.25) is 5.91 Å². The Hall–Kier alpha value is -1.69. The number of aromatic nitrogens is 3. The van der Waals surface area contributed by atoms with E-state index in [0.29, 0.717) is 6.54 Å². The van der Waals surface area contributed by atoms with Crippen LogP contribution in [0.25, 0.3) is 0 Å². The van der Waals surface area contributed by atoms with Gasteiger partial charge < -0.3 is 4.90 Å². The third-order valence-electron chi connectivity index (χ3n) is 2.90. The SMILES string of the molecule is CC(C(=O)N(C)Cc1ccc(Br)cc1)n1cncn1. The Balaban J connectivity index is 2.01. The van der Waals surface area contributed by atoms with Gasteiger partial charge in [0, 0.05) is 18.1 Å². The Bertz CT molecular complexity index is 538. The van der Waals surface area contributed by atoms with E-state index in [1.165, 1.54) is 6.33 Å². The zero-order chi connectivity index (χ0) is 13.8. The summed E-state index contributed by atoms with van der Waals surface area (Å²) in [5.74, 6) is 0.00780. The summed E-state index contributed by atoms with van der Waals surface area (Å²) in [6.07, 6.45) is 2.98. The topological polar surface area (TPSA) is 51.0 Å². The van der Waals surface area contributed by atoms with Crippen molar-refractivity contribution < 1.29 is 4.79 Å². The molecule has 0 aliphatic rings. The summed E-state index contributed by atoms with van der Waals surface area (Å²) in [6, 6.07) is 7.58. The third-order valence-corrected chi connectivity index (χ3v) is 3.43. The van der Waals surface area contributed by atoms with Crippen molar-refractivity contribution in [3.8, 4) is 0 Å². The van der Waals surface area contributed by atoms with E-state index in [0.717, 1.165) is 10.0 Å². The Labute approximate surface area is 120 Å². The largest absolute Gasteiger partial charge is 0.340 e. The van der Waals surface area contributed by atoms with Gasteiger partial charge >= 0.3 is 0 Å². The molecule has 19 heavy (non-hydrogen) atoms. The molecule has 5 nitrogen and oxygen atoms in total. The lowest BCUT2D eigenvalue weighted by Gasteiger charge is -2.21. The summed E-state index contributed by atoms with van der Waals surface area (Å²) in [5, 5.41) is 3.99. The second-order valence-electron chi connectivity index (χ2n) is 4.37. The Morgan fingerprint density at radius 1 is 1.42 bits per heavy atom. The standard InChI is InChI=1S/C13H15BrN4O/c1-10(18-9-15-8-16-18)13(19)17(2)7-11-3-5-12(14)6-4-11/h3-6,8-10H,7H2,1-2H3. The molecule has 0 aliphatic carbocycles. The van der Waals surface area contributed by atoms with E-state index < -0.39 is 0 Å².